The topological polar surface area (TPSA) is 53.6 Å². The molecule has 24 heavy (non-hydrogen) atoms. The molecule has 3 aliphatic rings. The molecule has 1 amide bonds. The normalized spacial score (nSPS) is 22.2. The van der Waals surface area contributed by atoms with Crippen LogP contribution in [0.5, 0.6) is 0 Å². The van der Waals surface area contributed by atoms with Crippen molar-refractivity contribution in [2.45, 2.75) is 38.3 Å². The number of ether oxygens (including phenoxy) is 1. The minimum absolute atomic E-state index is 0.0112. The molecule has 1 unspecified atom stereocenters. The Balaban J connectivity index is 1.36. The van der Waals surface area contributed by atoms with E-state index < -0.39 is 0 Å². The second kappa shape index (κ2) is 6.85. The third-order valence-electron chi connectivity index (χ3n) is 5.14. The van der Waals surface area contributed by atoms with E-state index in [1.807, 2.05) is 18.2 Å². The summed E-state index contributed by atoms with van der Waals surface area (Å²) in [6.45, 7) is 3.06. The zero-order chi connectivity index (χ0) is 16.4. The maximum atomic E-state index is 12.4. The molecule has 1 aliphatic carbocycles. The van der Waals surface area contributed by atoms with Crippen LogP contribution in [0.4, 0.5) is 11.4 Å². The average molecular weight is 327 g/mol. The largest absolute Gasteiger partial charge is 0.376 e. The van der Waals surface area contributed by atoms with Gasteiger partial charge < -0.3 is 20.3 Å². The minimum Gasteiger partial charge on any atom is -0.376 e. The van der Waals surface area contributed by atoms with E-state index in [0.29, 0.717) is 6.61 Å². The lowest BCUT2D eigenvalue weighted by atomic mass is 9.97. The molecule has 2 N–H and O–H groups in total. The molecule has 5 nitrogen and oxygen atoms in total. The molecule has 1 aromatic carbocycles. The van der Waals surface area contributed by atoms with Crippen LogP contribution in [0.3, 0.4) is 0 Å². The van der Waals surface area contributed by atoms with Crippen molar-refractivity contribution in [2.75, 3.05) is 36.5 Å². The third kappa shape index (κ3) is 3.13. The number of hydrogen-bond donors (Lipinski definition) is 2. The number of amides is 1. The standard InChI is InChI=1S/C19H25N3O2/c23-19(20-9-8-14-4-2-1-3-5-14)15-6-7-17-16(12-15)21-18-13-24-11-10-22(17)18/h4,6-7,12,18,21H,1-3,5,8-11,13H2,(H,20,23). The van der Waals surface area contributed by atoms with Crippen molar-refractivity contribution in [3.8, 4) is 0 Å². The van der Waals surface area contributed by atoms with Gasteiger partial charge >= 0.3 is 0 Å². The fourth-order valence-corrected chi connectivity index (χ4v) is 3.80. The zero-order valence-electron chi connectivity index (χ0n) is 14.0. The summed E-state index contributed by atoms with van der Waals surface area (Å²) in [5.74, 6) is 0.0112. The molecular weight excluding hydrogens is 302 g/mol. The van der Waals surface area contributed by atoms with E-state index in [0.717, 1.165) is 37.4 Å². The predicted octanol–water partition coefficient (Wildman–Crippen LogP) is 2.90. The van der Waals surface area contributed by atoms with Crippen LogP contribution in [-0.4, -0.2) is 38.4 Å². The van der Waals surface area contributed by atoms with Gasteiger partial charge in [-0.05, 0) is 50.3 Å². The Labute approximate surface area is 143 Å². The number of hydrogen-bond acceptors (Lipinski definition) is 4. The van der Waals surface area contributed by atoms with E-state index in [2.05, 4.69) is 21.6 Å². The van der Waals surface area contributed by atoms with Crippen LogP contribution < -0.4 is 15.5 Å². The predicted molar refractivity (Wildman–Crippen MR) is 95.5 cm³/mol. The summed E-state index contributed by atoms with van der Waals surface area (Å²) in [6, 6.07) is 5.93. The van der Waals surface area contributed by atoms with Gasteiger partial charge in [-0.2, -0.15) is 0 Å². The quantitative estimate of drug-likeness (QED) is 0.835. The van der Waals surface area contributed by atoms with Crippen LogP contribution >= 0.6 is 0 Å². The molecule has 128 valence electrons. The molecular formula is C19H25N3O2. The molecule has 4 rings (SSSR count). The Bertz CT molecular complexity index is 656. The third-order valence-corrected chi connectivity index (χ3v) is 5.14. The Morgan fingerprint density at radius 2 is 2.33 bits per heavy atom. The lowest BCUT2D eigenvalue weighted by Gasteiger charge is -2.31. The number of fused-ring (bicyclic) bond motifs is 3. The summed E-state index contributed by atoms with van der Waals surface area (Å²) in [4.78, 5) is 14.7. The van der Waals surface area contributed by atoms with Crippen LogP contribution in [0, 0.1) is 0 Å². The summed E-state index contributed by atoms with van der Waals surface area (Å²) < 4.78 is 5.51. The molecule has 0 aromatic heterocycles. The number of morpholine rings is 1. The van der Waals surface area contributed by atoms with Crippen molar-refractivity contribution in [3.63, 3.8) is 0 Å². The van der Waals surface area contributed by atoms with E-state index >= 15 is 0 Å². The smallest absolute Gasteiger partial charge is 0.251 e. The average Bonchev–Trinajstić information content (AvgIpc) is 3.00. The first-order valence-electron chi connectivity index (χ1n) is 9.02. The van der Waals surface area contributed by atoms with Gasteiger partial charge in [-0.25, -0.2) is 0 Å². The first-order valence-corrected chi connectivity index (χ1v) is 9.02. The molecule has 0 bridgehead atoms. The van der Waals surface area contributed by atoms with Crippen LogP contribution in [0.2, 0.25) is 0 Å². The SMILES string of the molecule is O=C(NCCC1=CCCCC1)c1ccc2c(c1)NC1COCCN21. The molecule has 5 heteroatoms. The van der Waals surface area contributed by atoms with E-state index in [-0.39, 0.29) is 12.1 Å². The second-order valence-electron chi connectivity index (χ2n) is 6.77. The molecule has 2 aliphatic heterocycles. The summed E-state index contributed by atoms with van der Waals surface area (Å²) in [6.07, 6.45) is 8.50. The number of nitrogens with one attached hydrogen (secondary N) is 2. The van der Waals surface area contributed by atoms with Gasteiger partial charge in [0.1, 0.15) is 6.17 Å². The van der Waals surface area contributed by atoms with E-state index in [9.17, 15) is 4.79 Å². The zero-order valence-corrected chi connectivity index (χ0v) is 14.0. The number of allylic oxidation sites excluding steroid dienone is 1. The van der Waals surface area contributed by atoms with Crippen LogP contribution in [0.1, 0.15) is 42.5 Å². The first-order chi connectivity index (χ1) is 11.8. The van der Waals surface area contributed by atoms with Gasteiger partial charge in [0.05, 0.1) is 24.6 Å². The van der Waals surface area contributed by atoms with Gasteiger partial charge in [-0.1, -0.05) is 11.6 Å². The van der Waals surface area contributed by atoms with Gasteiger partial charge in [0, 0.05) is 18.7 Å². The maximum absolute atomic E-state index is 12.4. The monoisotopic (exact) mass is 327 g/mol. The fraction of sp³-hybridized carbons (Fsp3) is 0.526. The van der Waals surface area contributed by atoms with E-state index in [1.54, 1.807) is 0 Å². The molecule has 0 saturated carbocycles. The van der Waals surface area contributed by atoms with Crippen molar-refractivity contribution in [1.82, 2.24) is 5.32 Å². The van der Waals surface area contributed by atoms with Crippen LogP contribution in [-0.2, 0) is 4.74 Å². The molecule has 0 spiro atoms. The van der Waals surface area contributed by atoms with Gasteiger partial charge in [0.25, 0.3) is 5.91 Å². The lowest BCUT2D eigenvalue weighted by molar-refractivity contribution is 0.0954. The Morgan fingerprint density at radius 3 is 3.21 bits per heavy atom. The molecule has 1 aromatic rings. The summed E-state index contributed by atoms with van der Waals surface area (Å²) in [5.41, 5.74) is 4.43. The van der Waals surface area contributed by atoms with Crippen molar-refractivity contribution in [2.24, 2.45) is 0 Å². The Morgan fingerprint density at radius 1 is 1.38 bits per heavy atom. The van der Waals surface area contributed by atoms with Crippen molar-refractivity contribution >= 4 is 17.3 Å². The maximum Gasteiger partial charge on any atom is 0.251 e. The number of carbonyl (C=O) groups excluding carboxylic acids is 1. The van der Waals surface area contributed by atoms with Gasteiger partial charge in [0.2, 0.25) is 0 Å². The highest BCUT2D eigenvalue weighted by Gasteiger charge is 2.31. The molecule has 0 radical (unpaired) electrons. The molecule has 1 saturated heterocycles. The highest BCUT2D eigenvalue weighted by atomic mass is 16.5. The minimum atomic E-state index is 0.0112. The highest BCUT2D eigenvalue weighted by molar-refractivity contribution is 5.97. The Hall–Kier alpha value is -2.01. The summed E-state index contributed by atoms with van der Waals surface area (Å²) in [5, 5.41) is 6.51. The van der Waals surface area contributed by atoms with Gasteiger partial charge in [-0.15, -0.1) is 0 Å². The Kier molecular flexibility index (Phi) is 4.43. The van der Waals surface area contributed by atoms with Gasteiger partial charge in [0.15, 0.2) is 0 Å². The number of anilines is 2. The highest BCUT2D eigenvalue weighted by Crippen LogP contribution is 2.36. The van der Waals surface area contributed by atoms with E-state index in [1.165, 1.54) is 36.9 Å². The number of rotatable bonds is 4. The lowest BCUT2D eigenvalue weighted by Crippen LogP contribution is -2.45. The number of benzene rings is 1. The fourth-order valence-electron chi connectivity index (χ4n) is 3.80. The van der Waals surface area contributed by atoms with Crippen molar-refractivity contribution in [3.05, 3.63) is 35.4 Å². The van der Waals surface area contributed by atoms with Crippen LogP contribution in [0.25, 0.3) is 0 Å². The first kappa shape index (κ1) is 15.5. The summed E-state index contributed by atoms with van der Waals surface area (Å²) >= 11 is 0. The molecule has 2 heterocycles. The van der Waals surface area contributed by atoms with E-state index in [4.69, 9.17) is 4.74 Å². The second-order valence-corrected chi connectivity index (χ2v) is 6.77. The number of nitrogens with zero attached hydrogens (tertiary/aromatic N) is 1. The van der Waals surface area contributed by atoms with Crippen LogP contribution in [0.15, 0.2) is 29.8 Å². The molecule has 1 fully saturated rings. The summed E-state index contributed by atoms with van der Waals surface area (Å²) in [7, 11) is 0. The number of carbonyl (C=O) groups is 1. The van der Waals surface area contributed by atoms with Gasteiger partial charge in [-0.3, -0.25) is 4.79 Å². The van der Waals surface area contributed by atoms with Crippen molar-refractivity contribution < 1.29 is 9.53 Å². The molecule has 1 atom stereocenters. The van der Waals surface area contributed by atoms with Crippen molar-refractivity contribution in [1.29, 1.82) is 0 Å².